The van der Waals surface area contributed by atoms with E-state index in [9.17, 15) is 5.11 Å². The maximum atomic E-state index is 9.20. The van der Waals surface area contributed by atoms with Gasteiger partial charge in [-0.25, -0.2) is 0 Å². The lowest BCUT2D eigenvalue weighted by Gasteiger charge is -2.35. The molecular weight excluding hydrogens is 150 g/mol. The number of hydrogen-bond acceptors (Lipinski definition) is 2. The minimum atomic E-state index is -0.236. The summed E-state index contributed by atoms with van der Waals surface area (Å²) in [7, 11) is 2.06. The van der Waals surface area contributed by atoms with E-state index in [0.717, 1.165) is 6.54 Å². The molecular formula is C10H23NO. The van der Waals surface area contributed by atoms with E-state index < -0.39 is 0 Å². The van der Waals surface area contributed by atoms with Crippen LogP contribution >= 0.6 is 0 Å². The molecule has 0 aliphatic heterocycles. The Morgan fingerprint density at radius 3 is 1.92 bits per heavy atom. The second-order valence-electron chi connectivity index (χ2n) is 4.83. The molecule has 0 aromatic heterocycles. The summed E-state index contributed by atoms with van der Waals surface area (Å²) < 4.78 is 0. The molecule has 0 saturated heterocycles. The van der Waals surface area contributed by atoms with E-state index in [2.05, 4.69) is 39.6 Å². The molecule has 2 unspecified atom stereocenters. The van der Waals surface area contributed by atoms with E-state index in [0.29, 0.717) is 6.04 Å². The van der Waals surface area contributed by atoms with E-state index in [1.165, 1.54) is 0 Å². The molecule has 0 amide bonds. The molecule has 74 valence electrons. The van der Waals surface area contributed by atoms with Gasteiger partial charge in [-0.2, -0.15) is 0 Å². The van der Waals surface area contributed by atoms with Gasteiger partial charge in [0.1, 0.15) is 0 Å². The van der Waals surface area contributed by atoms with E-state index >= 15 is 0 Å². The smallest absolute Gasteiger partial charge is 0.0639 e. The maximum Gasteiger partial charge on any atom is 0.0639 e. The van der Waals surface area contributed by atoms with Crippen molar-refractivity contribution in [2.75, 3.05) is 13.6 Å². The fraction of sp³-hybridized carbons (Fsp3) is 1.00. The van der Waals surface area contributed by atoms with Crippen molar-refractivity contribution in [3.63, 3.8) is 0 Å². The minimum absolute atomic E-state index is 0.236. The van der Waals surface area contributed by atoms with Crippen molar-refractivity contribution >= 4 is 0 Å². The van der Waals surface area contributed by atoms with E-state index in [-0.39, 0.29) is 11.5 Å². The molecule has 0 aromatic carbocycles. The summed E-state index contributed by atoms with van der Waals surface area (Å²) in [5.74, 6) is 0. The molecule has 12 heavy (non-hydrogen) atoms. The van der Waals surface area contributed by atoms with Crippen molar-refractivity contribution in [1.29, 1.82) is 0 Å². The Labute approximate surface area is 76.6 Å². The number of nitrogens with zero attached hydrogens (tertiary/aromatic N) is 1. The monoisotopic (exact) mass is 173 g/mol. The first-order valence-corrected chi connectivity index (χ1v) is 4.63. The summed E-state index contributed by atoms with van der Waals surface area (Å²) >= 11 is 0. The van der Waals surface area contributed by atoms with E-state index in [4.69, 9.17) is 0 Å². The van der Waals surface area contributed by atoms with Gasteiger partial charge < -0.3 is 10.0 Å². The summed E-state index contributed by atoms with van der Waals surface area (Å²) in [5, 5.41) is 9.20. The van der Waals surface area contributed by atoms with Crippen LogP contribution in [0.5, 0.6) is 0 Å². The molecule has 0 rings (SSSR count). The van der Waals surface area contributed by atoms with E-state index in [1.807, 2.05) is 6.92 Å². The Hall–Kier alpha value is -0.0800. The zero-order valence-electron chi connectivity index (χ0n) is 9.26. The van der Waals surface area contributed by atoms with Crippen molar-refractivity contribution in [2.24, 2.45) is 5.41 Å². The highest BCUT2D eigenvalue weighted by molar-refractivity contribution is 4.77. The summed E-state index contributed by atoms with van der Waals surface area (Å²) in [5.41, 5.74) is 0.281. The number of aliphatic hydroxyl groups is 1. The van der Waals surface area contributed by atoms with Crippen molar-refractivity contribution in [3.05, 3.63) is 0 Å². The van der Waals surface area contributed by atoms with Gasteiger partial charge in [0.15, 0.2) is 0 Å². The highest BCUT2D eigenvalue weighted by Gasteiger charge is 2.23. The highest BCUT2D eigenvalue weighted by atomic mass is 16.3. The van der Waals surface area contributed by atoms with Crippen LogP contribution < -0.4 is 0 Å². The van der Waals surface area contributed by atoms with Crippen molar-refractivity contribution in [3.8, 4) is 0 Å². The highest BCUT2D eigenvalue weighted by Crippen LogP contribution is 2.22. The second-order valence-corrected chi connectivity index (χ2v) is 4.83. The molecule has 0 spiro atoms. The van der Waals surface area contributed by atoms with Crippen molar-refractivity contribution in [1.82, 2.24) is 4.90 Å². The van der Waals surface area contributed by atoms with Crippen LogP contribution in [0, 0.1) is 5.41 Å². The largest absolute Gasteiger partial charge is 0.392 e. The topological polar surface area (TPSA) is 23.5 Å². The summed E-state index contributed by atoms with van der Waals surface area (Å²) in [4.78, 5) is 2.20. The van der Waals surface area contributed by atoms with Crippen LogP contribution in [0.3, 0.4) is 0 Å². The van der Waals surface area contributed by atoms with Gasteiger partial charge in [-0.1, -0.05) is 20.8 Å². The van der Waals surface area contributed by atoms with Crippen LogP contribution in [-0.4, -0.2) is 35.7 Å². The average molecular weight is 173 g/mol. The summed E-state index contributed by atoms with van der Waals surface area (Å²) in [6, 6.07) is 0.493. The lowest BCUT2D eigenvalue weighted by atomic mass is 9.87. The van der Waals surface area contributed by atoms with Gasteiger partial charge in [-0.3, -0.25) is 0 Å². The SMILES string of the molecule is CC(O)CN(C)C(C)C(C)(C)C. The van der Waals surface area contributed by atoms with Crippen LogP contribution in [-0.2, 0) is 0 Å². The first kappa shape index (κ1) is 11.9. The van der Waals surface area contributed by atoms with Crippen LogP contribution in [0.1, 0.15) is 34.6 Å². The molecule has 0 aliphatic rings. The standard InChI is InChI=1S/C10H23NO/c1-8(12)7-11(6)9(2)10(3,4)5/h8-9,12H,7H2,1-6H3. The van der Waals surface area contributed by atoms with Gasteiger partial charge in [-0.05, 0) is 26.3 Å². The molecule has 0 heterocycles. The van der Waals surface area contributed by atoms with Gasteiger partial charge in [0, 0.05) is 12.6 Å². The third-order valence-electron chi connectivity index (χ3n) is 2.47. The van der Waals surface area contributed by atoms with Gasteiger partial charge in [0.25, 0.3) is 0 Å². The normalized spacial score (nSPS) is 18.0. The second kappa shape index (κ2) is 4.24. The molecule has 2 heteroatoms. The molecule has 1 N–H and O–H groups in total. The number of rotatable bonds is 3. The zero-order chi connectivity index (χ0) is 9.94. The molecule has 0 bridgehead atoms. The fourth-order valence-corrected chi connectivity index (χ4v) is 1.24. The van der Waals surface area contributed by atoms with Crippen molar-refractivity contribution < 1.29 is 5.11 Å². The van der Waals surface area contributed by atoms with Gasteiger partial charge in [-0.15, -0.1) is 0 Å². The third kappa shape index (κ3) is 4.07. The third-order valence-corrected chi connectivity index (χ3v) is 2.47. The van der Waals surface area contributed by atoms with Crippen LogP contribution in [0.2, 0.25) is 0 Å². The average Bonchev–Trinajstić information content (AvgIpc) is 1.82. The number of aliphatic hydroxyl groups excluding tert-OH is 1. The van der Waals surface area contributed by atoms with Crippen LogP contribution in [0.15, 0.2) is 0 Å². The molecule has 0 radical (unpaired) electrons. The Kier molecular flexibility index (Phi) is 4.21. The van der Waals surface area contributed by atoms with Gasteiger partial charge >= 0.3 is 0 Å². The number of hydrogen-bond donors (Lipinski definition) is 1. The fourth-order valence-electron chi connectivity index (χ4n) is 1.24. The Morgan fingerprint density at radius 1 is 1.25 bits per heavy atom. The zero-order valence-corrected chi connectivity index (χ0v) is 9.26. The first-order chi connectivity index (χ1) is 5.25. The van der Waals surface area contributed by atoms with Gasteiger partial charge in [0.2, 0.25) is 0 Å². The summed E-state index contributed by atoms with van der Waals surface area (Å²) in [6.07, 6.45) is -0.236. The van der Waals surface area contributed by atoms with Crippen LogP contribution in [0.4, 0.5) is 0 Å². The number of likely N-dealkylation sites (N-methyl/N-ethyl adjacent to an activating group) is 1. The predicted octanol–water partition coefficient (Wildman–Crippen LogP) is 1.73. The lowest BCUT2D eigenvalue weighted by molar-refractivity contribution is 0.0804. The Balaban J connectivity index is 4.01. The first-order valence-electron chi connectivity index (χ1n) is 4.63. The van der Waals surface area contributed by atoms with Crippen LogP contribution in [0.25, 0.3) is 0 Å². The Morgan fingerprint density at radius 2 is 1.67 bits per heavy atom. The quantitative estimate of drug-likeness (QED) is 0.702. The molecule has 0 fully saturated rings. The predicted molar refractivity (Wildman–Crippen MR) is 53.2 cm³/mol. The molecule has 0 aromatic rings. The minimum Gasteiger partial charge on any atom is -0.392 e. The molecule has 2 nitrogen and oxygen atoms in total. The lowest BCUT2D eigenvalue weighted by Crippen LogP contribution is -2.42. The molecule has 2 atom stereocenters. The van der Waals surface area contributed by atoms with Crippen molar-refractivity contribution in [2.45, 2.75) is 46.8 Å². The Bertz CT molecular complexity index is 126. The summed E-state index contributed by atoms with van der Waals surface area (Å²) in [6.45, 7) is 11.4. The van der Waals surface area contributed by atoms with E-state index in [1.54, 1.807) is 0 Å². The molecule has 0 aliphatic carbocycles. The molecule has 0 saturated carbocycles. The van der Waals surface area contributed by atoms with Gasteiger partial charge in [0.05, 0.1) is 6.10 Å². The maximum absolute atomic E-state index is 9.20.